The van der Waals surface area contributed by atoms with Crippen LogP contribution >= 0.6 is 0 Å². The molecule has 0 unspecified atom stereocenters. The summed E-state index contributed by atoms with van der Waals surface area (Å²) >= 11 is 0. The molecule has 0 aliphatic carbocycles. The summed E-state index contributed by atoms with van der Waals surface area (Å²) in [4.78, 5) is 19.1. The number of pyridine rings is 2. The van der Waals surface area contributed by atoms with Gasteiger partial charge in [-0.15, -0.1) is 0 Å². The number of nitrogens with zero attached hydrogens (tertiary/aromatic N) is 4. The summed E-state index contributed by atoms with van der Waals surface area (Å²) in [7, 11) is 1.04. The molecule has 13 heteroatoms. The number of anilines is 1. The molecule has 0 fully saturated rings. The van der Waals surface area contributed by atoms with Gasteiger partial charge in [0.25, 0.3) is 5.91 Å². The highest BCUT2D eigenvalue weighted by Crippen LogP contribution is 2.39. The van der Waals surface area contributed by atoms with E-state index in [4.69, 9.17) is 0 Å². The first-order valence-electron chi connectivity index (χ1n) is 7.97. The van der Waals surface area contributed by atoms with E-state index < -0.39 is 52.4 Å². The molecular weight excluding hydrogens is 423 g/mol. The van der Waals surface area contributed by atoms with Gasteiger partial charge in [0.1, 0.15) is 28.5 Å². The quantitative estimate of drug-likeness (QED) is 0.625. The zero-order valence-corrected chi connectivity index (χ0v) is 14.8. The van der Waals surface area contributed by atoms with E-state index in [2.05, 4.69) is 15.1 Å². The van der Waals surface area contributed by atoms with Crippen LogP contribution in [0, 0.1) is 5.82 Å². The molecule has 3 heterocycles. The smallest absolute Gasteiger partial charge is 0.321 e. The lowest BCUT2D eigenvalue weighted by Crippen LogP contribution is -2.21. The van der Waals surface area contributed by atoms with Crippen molar-refractivity contribution in [3.05, 3.63) is 59.6 Å². The number of alkyl halides is 6. The molecule has 0 saturated carbocycles. The van der Waals surface area contributed by atoms with Crippen LogP contribution in [0.25, 0.3) is 11.3 Å². The van der Waals surface area contributed by atoms with Crippen LogP contribution in [0.3, 0.4) is 0 Å². The Hall–Kier alpha value is -3.51. The Morgan fingerprint density at radius 2 is 1.77 bits per heavy atom. The van der Waals surface area contributed by atoms with Crippen molar-refractivity contribution in [2.75, 3.05) is 5.32 Å². The SMILES string of the molecule is Cn1nc(-c2cncc(F)c2)c(C(F)(F)F)c1C(=O)Nc1ccnc(C(F)(F)F)c1. The van der Waals surface area contributed by atoms with Crippen molar-refractivity contribution < 1.29 is 35.5 Å². The molecule has 158 valence electrons. The summed E-state index contributed by atoms with van der Waals surface area (Å²) in [5.41, 5.74) is -5.32. The third-order valence-electron chi connectivity index (χ3n) is 3.83. The average molecular weight is 433 g/mol. The van der Waals surface area contributed by atoms with E-state index in [1.54, 1.807) is 0 Å². The third kappa shape index (κ3) is 4.23. The third-order valence-corrected chi connectivity index (χ3v) is 3.83. The number of hydrogen-bond donors (Lipinski definition) is 1. The van der Waals surface area contributed by atoms with Crippen LogP contribution in [0.2, 0.25) is 0 Å². The van der Waals surface area contributed by atoms with Gasteiger partial charge in [0.05, 0.1) is 6.20 Å². The molecular formula is C17H10F7N5O. The van der Waals surface area contributed by atoms with E-state index >= 15 is 0 Å². The van der Waals surface area contributed by atoms with Gasteiger partial charge in [0.15, 0.2) is 0 Å². The monoisotopic (exact) mass is 433 g/mol. The predicted molar refractivity (Wildman–Crippen MR) is 88.6 cm³/mol. The lowest BCUT2D eigenvalue weighted by atomic mass is 10.1. The van der Waals surface area contributed by atoms with E-state index in [-0.39, 0.29) is 5.56 Å². The molecule has 1 N–H and O–H groups in total. The van der Waals surface area contributed by atoms with E-state index in [0.29, 0.717) is 10.7 Å². The average Bonchev–Trinajstić information content (AvgIpc) is 2.99. The zero-order chi connectivity index (χ0) is 22.3. The summed E-state index contributed by atoms with van der Waals surface area (Å²) in [6, 6.07) is 2.21. The largest absolute Gasteiger partial charge is 0.433 e. The van der Waals surface area contributed by atoms with Gasteiger partial charge in [0, 0.05) is 30.7 Å². The lowest BCUT2D eigenvalue weighted by molar-refractivity contribution is -0.141. The van der Waals surface area contributed by atoms with Crippen molar-refractivity contribution in [2.45, 2.75) is 12.4 Å². The Kier molecular flexibility index (Phi) is 5.22. The maximum atomic E-state index is 13.7. The van der Waals surface area contributed by atoms with Gasteiger partial charge >= 0.3 is 12.4 Å². The maximum Gasteiger partial charge on any atom is 0.433 e. The van der Waals surface area contributed by atoms with Crippen LogP contribution in [-0.2, 0) is 19.4 Å². The van der Waals surface area contributed by atoms with Crippen molar-refractivity contribution in [2.24, 2.45) is 7.05 Å². The Labute approximate surface area is 163 Å². The van der Waals surface area contributed by atoms with Gasteiger partial charge in [-0.25, -0.2) is 4.39 Å². The Balaban J connectivity index is 2.07. The van der Waals surface area contributed by atoms with E-state index in [1.807, 2.05) is 5.32 Å². The van der Waals surface area contributed by atoms with Crippen LogP contribution in [-0.4, -0.2) is 25.7 Å². The number of hydrogen-bond acceptors (Lipinski definition) is 4. The summed E-state index contributed by atoms with van der Waals surface area (Å²) in [5, 5.41) is 5.62. The molecule has 3 aromatic heterocycles. The van der Waals surface area contributed by atoms with E-state index in [9.17, 15) is 35.5 Å². The van der Waals surface area contributed by atoms with Crippen LogP contribution in [0.1, 0.15) is 21.7 Å². The Morgan fingerprint density at radius 1 is 1.07 bits per heavy atom. The molecule has 0 spiro atoms. The molecule has 0 aromatic carbocycles. The molecule has 0 saturated heterocycles. The standard InChI is InChI=1S/C17H10F7N5O/c1-29-14(15(30)27-10-2-3-26-11(5-10)16(19,20)21)12(17(22,23)24)13(28-29)8-4-9(18)7-25-6-8/h2-7H,1H3,(H,26,27,30). The van der Waals surface area contributed by atoms with Crippen LogP contribution in [0.15, 0.2) is 36.8 Å². The predicted octanol–water partition coefficient (Wildman–Crippen LogP) is 4.31. The molecule has 0 aliphatic heterocycles. The minimum Gasteiger partial charge on any atom is -0.321 e. The fraction of sp³-hybridized carbons (Fsp3) is 0.176. The summed E-state index contributed by atoms with van der Waals surface area (Å²) in [6.45, 7) is 0. The van der Waals surface area contributed by atoms with Crippen molar-refractivity contribution >= 4 is 11.6 Å². The van der Waals surface area contributed by atoms with Gasteiger partial charge in [-0.05, 0) is 18.2 Å². The minimum atomic E-state index is -5.09. The highest BCUT2D eigenvalue weighted by atomic mass is 19.4. The van der Waals surface area contributed by atoms with Gasteiger partial charge in [-0.2, -0.15) is 31.4 Å². The summed E-state index contributed by atoms with van der Waals surface area (Å²) in [5.74, 6) is -2.29. The summed E-state index contributed by atoms with van der Waals surface area (Å²) < 4.78 is 93.5. The van der Waals surface area contributed by atoms with Crippen LogP contribution in [0.4, 0.5) is 36.4 Å². The maximum absolute atomic E-state index is 13.7. The number of carbonyl (C=O) groups excluding carboxylic acids is 1. The lowest BCUT2D eigenvalue weighted by Gasteiger charge is -2.12. The van der Waals surface area contributed by atoms with Crippen LogP contribution in [0.5, 0.6) is 0 Å². The Bertz CT molecular complexity index is 1100. The van der Waals surface area contributed by atoms with Crippen molar-refractivity contribution in [3.63, 3.8) is 0 Å². The number of nitrogens with one attached hydrogen (secondary N) is 1. The number of amides is 1. The van der Waals surface area contributed by atoms with Crippen molar-refractivity contribution in [1.29, 1.82) is 0 Å². The molecule has 3 rings (SSSR count). The fourth-order valence-electron chi connectivity index (χ4n) is 2.65. The number of rotatable bonds is 3. The minimum absolute atomic E-state index is 0.333. The second-order valence-electron chi connectivity index (χ2n) is 5.97. The molecule has 0 radical (unpaired) electrons. The molecule has 0 aliphatic rings. The second-order valence-corrected chi connectivity index (χ2v) is 5.97. The molecule has 0 bridgehead atoms. The van der Waals surface area contributed by atoms with Gasteiger partial charge < -0.3 is 5.32 Å². The van der Waals surface area contributed by atoms with Crippen molar-refractivity contribution in [3.8, 4) is 11.3 Å². The highest BCUT2D eigenvalue weighted by Gasteiger charge is 2.42. The second kappa shape index (κ2) is 7.39. The fourth-order valence-corrected chi connectivity index (χ4v) is 2.65. The first-order chi connectivity index (χ1) is 13.9. The number of carbonyl (C=O) groups is 1. The number of aromatic nitrogens is 4. The van der Waals surface area contributed by atoms with Gasteiger partial charge in [0.2, 0.25) is 0 Å². The number of halogens is 7. The first kappa shape index (κ1) is 21.2. The first-order valence-corrected chi connectivity index (χ1v) is 7.97. The molecule has 0 atom stereocenters. The number of aryl methyl sites for hydroxylation is 1. The van der Waals surface area contributed by atoms with E-state index in [0.717, 1.165) is 37.8 Å². The van der Waals surface area contributed by atoms with Crippen LogP contribution < -0.4 is 5.32 Å². The molecule has 6 nitrogen and oxygen atoms in total. The highest BCUT2D eigenvalue weighted by molar-refractivity contribution is 6.05. The Morgan fingerprint density at radius 3 is 2.37 bits per heavy atom. The van der Waals surface area contributed by atoms with Gasteiger partial charge in [-0.1, -0.05) is 0 Å². The molecule has 30 heavy (non-hydrogen) atoms. The normalized spacial score (nSPS) is 12.1. The zero-order valence-electron chi connectivity index (χ0n) is 14.8. The van der Waals surface area contributed by atoms with Gasteiger partial charge in [-0.3, -0.25) is 19.4 Å². The molecule has 3 aromatic rings. The topological polar surface area (TPSA) is 72.7 Å². The van der Waals surface area contributed by atoms with Crippen molar-refractivity contribution in [1.82, 2.24) is 19.7 Å². The summed E-state index contributed by atoms with van der Waals surface area (Å²) in [6.07, 6.45) is -7.45. The van der Waals surface area contributed by atoms with E-state index in [1.165, 1.54) is 0 Å². The molecule has 1 amide bonds.